The molecule has 20 heavy (non-hydrogen) atoms. The monoisotopic (exact) mass is 266 g/mol. The summed E-state index contributed by atoms with van der Waals surface area (Å²) >= 11 is 0. The zero-order valence-corrected chi connectivity index (χ0v) is 11.3. The summed E-state index contributed by atoms with van der Waals surface area (Å²) in [5.41, 5.74) is 6.89. The average molecular weight is 266 g/mol. The fourth-order valence-electron chi connectivity index (χ4n) is 2.22. The van der Waals surface area contributed by atoms with E-state index in [1.54, 1.807) is 0 Å². The molecule has 1 aliphatic rings. The molecule has 0 fully saturated rings. The highest BCUT2D eigenvalue weighted by Crippen LogP contribution is 2.22. The molecule has 0 unspecified atom stereocenters. The summed E-state index contributed by atoms with van der Waals surface area (Å²) < 4.78 is 0. The molecule has 5 nitrogen and oxygen atoms in total. The van der Waals surface area contributed by atoms with Crippen LogP contribution < -0.4 is 5.43 Å². The first-order valence-corrected chi connectivity index (χ1v) is 6.41. The maximum atomic E-state index is 11.3. The van der Waals surface area contributed by atoms with Crippen LogP contribution in [0.5, 0.6) is 0 Å². The molecule has 0 saturated carbocycles. The third-order valence-electron chi connectivity index (χ3n) is 3.20. The van der Waals surface area contributed by atoms with Crippen LogP contribution in [0.2, 0.25) is 0 Å². The van der Waals surface area contributed by atoms with Gasteiger partial charge >= 0.3 is 0 Å². The smallest absolute Gasteiger partial charge is 0.246 e. The van der Waals surface area contributed by atoms with E-state index in [2.05, 4.69) is 20.5 Å². The molecule has 1 N–H and O–H groups in total. The van der Waals surface area contributed by atoms with Crippen molar-refractivity contribution in [3.8, 4) is 11.3 Å². The fraction of sp³-hybridized carbons (Fsp3) is 0.200. The van der Waals surface area contributed by atoms with Crippen molar-refractivity contribution in [2.45, 2.75) is 20.3 Å². The van der Waals surface area contributed by atoms with Crippen molar-refractivity contribution in [3.05, 3.63) is 47.4 Å². The van der Waals surface area contributed by atoms with Gasteiger partial charge in [-0.3, -0.25) is 4.79 Å². The number of aromatic nitrogens is 2. The molecule has 3 rings (SSSR count). The number of hydrogen-bond donors (Lipinski definition) is 1. The minimum atomic E-state index is -0.103. The maximum Gasteiger partial charge on any atom is 0.246 e. The van der Waals surface area contributed by atoms with Crippen LogP contribution in [0.3, 0.4) is 0 Å². The van der Waals surface area contributed by atoms with E-state index in [1.165, 1.54) is 0 Å². The van der Waals surface area contributed by atoms with E-state index < -0.39 is 0 Å². The van der Waals surface area contributed by atoms with E-state index in [9.17, 15) is 4.79 Å². The Morgan fingerprint density at radius 3 is 2.55 bits per heavy atom. The zero-order valence-electron chi connectivity index (χ0n) is 11.3. The molecule has 100 valence electrons. The Hall–Kier alpha value is -2.56. The Labute approximate surface area is 116 Å². The zero-order chi connectivity index (χ0) is 14.1. The minimum absolute atomic E-state index is 0.103. The predicted molar refractivity (Wildman–Crippen MR) is 76.2 cm³/mol. The number of carbonyl (C=O) groups is 1. The summed E-state index contributed by atoms with van der Waals surface area (Å²) in [5, 5.41) is 4.01. The number of rotatable bonds is 2. The van der Waals surface area contributed by atoms with Gasteiger partial charge in [-0.15, -0.1) is 0 Å². The second-order valence-electron chi connectivity index (χ2n) is 4.77. The van der Waals surface area contributed by atoms with Gasteiger partial charge in [-0.25, -0.2) is 15.4 Å². The Morgan fingerprint density at radius 2 is 1.85 bits per heavy atom. The first-order chi connectivity index (χ1) is 9.63. The number of amides is 1. The third-order valence-corrected chi connectivity index (χ3v) is 3.20. The highest BCUT2D eigenvalue weighted by molar-refractivity contribution is 6.13. The van der Waals surface area contributed by atoms with Crippen molar-refractivity contribution < 1.29 is 4.79 Å². The Kier molecular flexibility index (Phi) is 3.02. The molecule has 0 bridgehead atoms. The molecule has 1 amide bonds. The first-order valence-electron chi connectivity index (χ1n) is 6.41. The molecule has 2 aromatic rings. The molecular weight excluding hydrogens is 252 g/mol. The van der Waals surface area contributed by atoms with Crippen molar-refractivity contribution >= 4 is 11.6 Å². The van der Waals surface area contributed by atoms with Crippen LogP contribution in [-0.2, 0) is 4.79 Å². The van der Waals surface area contributed by atoms with Gasteiger partial charge in [0.15, 0.2) is 0 Å². The SMILES string of the molecule is Cc1nc(C2=NNC(=O)C2)cc(-c2ccccc2C)n1. The molecular formula is C15H14N4O. The summed E-state index contributed by atoms with van der Waals surface area (Å²) in [6.45, 7) is 3.89. The largest absolute Gasteiger partial charge is 0.273 e. The number of hydrazone groups is 1. The quantitative estimate of drug-likeness (QED) is 0.903. The van der Waals surface area contributed by atoms with Gasteiger partial charge < -0.3 is 0 Å². The molecule has 0 aliphatic carbocycles. The van der Waals surface area contributed by atoms with Gasteiger partial charge in [-0.05, 0) is 25.5 Å². The molecule has 0 saturated heterocycles. The lowest BCUT2D eigenvalue weighted by Crippen LogP contribution is -2.10. The van der Waals surface area contributed by atoms with Crippen LogP contribution in [-0.4, -0.2) is 21.6 Å². The topological polar surface area (TPSA) is 67.2 Å². The van der Waals surface area contributed by atoms with Crippen LogP contribution in [0, 0.1) is 13.8 Å². The molecule has 1 aromatic carbocycles. The lowest BCUT2D eigenvalue weighted by atomic mass is 10.0. The summed E-state index contributed by atoms with van der Waals surface area (Å²) in [6.07, 6.45) is 0.268. The molecule has 1 aliphatic heterocycles. The van der Waals surface area contributed by atoms with E-state index in [1.807, 2.05) is 44.2 Å². The molecule has 5 heteroatoms. The van der Waals surface area contributed by atoms with Gasteiger partial charge in [0.1, 0.15) is 5.82 Å². The Morgan fingerprint density at radius 1 is 1.10 bits per heavy atom. The van der Waals surface area contributed by atoms with Crippen molar-refractivity contribution in [2.75, 3.05) is 0 Å². The summed E-state index contributed by atoms with van der Waals surface area (Å²) in [7, 11) is 0. The number of nitrogens with zero attached hydrogens (tertiary/aromatic N) is 3. The van der Waals surface area contributed by atoms with Gasteiger partial charge in [0.25, 0.3) is 0 Å². The van der Waals surface area contributed by atoms with E-state index in [-0.39, 0.29) is 12.3 Å². The van der Waals surface area contributed by atoms with Crippen molar-refractivity contribution in [1.29, 1.82) is 0 Å². The molecule has 0 radical (unpaired) electrons. The van der Waals surface area contributed by atoms with Crippen LogP contribution in [0.1, 0.15) is 23.5 Å². The average Bonchev–Trinajstić information content (AvgIpc) is 2.85. The molecule has 0 atom stereocenters. The predicted octanol–water partition coefficient (Wildman–Crippen LogP) is 1.98. The standard InChI is InChI=1S/C15H14N4O/c1-9-5-3-4-6-11(9)12-7-13(17-10(2)16-12)14-8-15(20)19-18-14/h3-7H,8H2,1-2H3,(H,19,20). The van der Waals surface area contributed by atoms with Crippen molar-refractivity contribution in [2.24, 2.45) is 5.10 Å². The lowest BCUT2D eigenvalue weighted by Gasteiger charge is -2.08. The highest BCUT2D eigenvalue weighted by atomic mass is 16.2. The Bertz CT molecular complexity index is 722. The molecule has 2 heterocycles. The van der Waals surface area contributed by atoms with Crippen LogP contribution in [0.4, 0.5) is 0 Å². The van der Waals surface area contributed by atoms with Crippen LogP contribution >= 0.6 is 0 Å². The van der Waals surface area contributed by atoms with Gasteiger partial charge in [0, 0.05) is 5.56 Å². The van der Waals surface area contributed by atoms with Gasteiger partial charge in [-0.1, -0.05) is 24.3 Å². The molecule has 0 spiro atoms. The van der Waals surface area contributed by atoms with Crippen molar-refractivity contribution in [3.63, 3.8) is 0 Å². The number of carbonyl (C=O) groups excluding carboxylic acids is 1. The molecule has 1 aromatic heterocycles. The summed E-state index contributed by atoms with van der Waals surface area (Å²) in [6, 6.07) is 9.94. The first kappa shape index (κ1) is 12.5. The Balaban J connectivity index is 2.08. The van der Waals surface area contributed by atoms with E-state index in [0.717, 1.165) is 16.8 Å². The summed E-state index contributed by atoms with van der Waals surface area (Å²) in [4.78, 5) is 20.1. The van der Waals surface area contributed by atoms with E-state index >= 15 is 0 Å². The normalized spacial score (nSPS) is 14.1. The minimum Gasteiger partial charge on any atom is -0.273 e. The number of hydrogen-bond acceptors (Lipinski definition) is 4. The van der Waals surface area contributed by atoms with Crippen LogP contribution in [0.25, 0.3) is 11.3 Å². The number of benzene rings is 1. The fourth-order valence-corrected chi connectivity index (χ4v) is 2.22. The van der Waals surface area contributed by atoms with Gasteiger partial charge in [0.05, 0.1) is 23.5 Å². The third kappa shape index (κ3) is 2.30. The van der Waals surface area contributed by atoms with E-state index in [4.69, 9.17) is 0 Å². The maximum absolute atomic E-state index is 11.3. The second-order valence-corrected chi connectivity index (χ2v) is 4.77. The lowest BCUT2D eigenvalue weighted by molar-refractivity contribution is -0.119. The second kappa shape index (κ2) is 4.85. The van der Waals surface area contributed by atoms with Crippen LogP contribution in [0.15, 0.2) is 35.4 Å². The van der Waals surface area contributed by atoms with Crippen molar-refractivity contribution in [1.82, 2.24) is 15.4 Å². The number of aryl methyl sites for hydroxylation is 2. The van der Waals surface area contributed by atoms with E-state index in [0.29, 0.717) is 17.2 Å². The number of nitrogens with one attached hydrogen (secondary N) is 1. The highest BCUT2D eigenvalue weighted by Gasteiger charge is 2.19. The van der Waals surface area contributed by atoms with Gasteiger partial charge in [0.2, 0.25) is 5.91 Å². The van der Waals surface area contributed by atoms with Gasteiger partial charge in [-0.2, -0.15) is 5.10 Å². The summed E-state index contributed by atoms with van der Waals surface area (Å²) in [5.74, 6) is 0.566.